The number of fused-ring (bicyclic) bond motifs is 1. The molecule has 23 heavy (non-hydrogen) atoms. The second-order valence-electron chi connectivity index (χ2n) is 6.53. The van der Waals surface area contributed by atoms with Crippen molar-refractivity contribution in [3.63, 3.8) is 0 Å². The Balaban J connectivity index is 1.76. The average Bonchev–Trinajstić information content (AvgIpc) is 3.21. The highest BCUT2D eigenvalue weighted by atomic mass is 32.1. The average molecular weight is 330 g/mol. The van der Waals surface area contributed by atoms with Crippen molar-refractivity contribution in [3.05, 3.63) is 40.5 Å². The summed E-state index contributed by atoms with van der Waals surface area (Å²) in [5.74, 6) is 0.104. The molecule has 1 N–H and O–H groups in total. The maximum Gasteiger partial charge on any atom is 0.257 e. The van der Waals surface area contributed by atoms with Crippen LogP contribution in [-0.4, -0.2) is 39.7 Å². The van der Waals surface area contributed by atoms with Gasteiger partial charge in [0.1, 0.15) is 5.00 Å². The monoisotopic (exact) mass is 330 g/mol. The molecule has 4 nitrogen and oxygen atoms in total. The maximum absolute atomic E-state index is 13.2. The lowest BCUT2D eigenvalue weighted by Crippen LogP contribution is -2.42. The minimum absolute atomic E-state index is 0.104. The molecule has 1 saturated heterocycles. The van der Waals surface area contributed by atoms with E-state index in [1.807, 2.05) is 29.4 Å². The highest BCUT2D eigenvalue weighted by Crippen LogP contribution is 2.37. The fourth-order valence-electron chi connectivity index (χ4n) is 3.72. The Morgan fingerprint density at radius 1 is 1.17 bits per heavy atom. The van der Waals surface area contributed by atoms with Crippen LogP contribution in [0, 0.1) is 0 Å². The van der Waals surface area contributed by atoms with Crippen LogP contribution in [0.15, 0.2) is 24.5 Å². The Kier molecular flexibility index (Phi) is 3.99. The van der Waals surface area contributed by atoms with Crippen LogP contribution in [0.5, 0.6) is 0 Å². The van der Waals surface area contributed by atoms with Crippen molar-refractivity contribution in [2.75, 3.05) is 13.1 Å². The van der Waals surface area contributed by atoms with E-state index in [0.717, 1.165) is 49.2 Å². The number of amides is 1. The molecule has 2 aromatic heterocycles. The lowest BCUT2D eigenvalue weighted by Gasteiger charge is -2.30. The summed E-state index contributed by atoms with van der Waals surface area (Å²) in [6.45, 7) is 1.22. The number of rotatable bonds is 2. The van der Waals surface area contributed by atoms with E-state index in [-0.39, 0.29) is 12.0 Å². The molecule has 1 aliphatic heterocycles. The molecular formula is C18H22N2O2S. The zero-order valence-corrected chi connectivity index (χ0v) is 14.0. The third-order valence-electron chi connectivity index (χ3n) is 4.89. The van der Waals surface area contributed by atoms with Gasteiger partial charge in [-0.25, -0.2) is 0 Å². The van der Waals surface area contributed by atoms with Crippen LogP contribution in [0.3, 0.4) is 0 Å². The molecule has 0 saturated carbocycles. The molecule has 4 rings (SSSR count). The van der Waals surface area contributed by atoms with Gasteiger partial charge in [-0.1, -0.05) is 0 Å². The molecular weight excluding hydrogens is 308 g/mol. The predicted molar refractivity (Wildman–Crippen MR) is 91.4 cm³/mol. The SMILES string of the molecule is O=C(c1c(-n2cccc2)sc2c1CCCC2)N1CCCC(O)C1. The summed E-state index contributed by atoms with van der Waals surface area (Å²) in [5, 5.41) is 11.0. The van der Waals surface area contributed by atoms with Crippen molar-refractivity contribution in [2.45, 2.75) is 44.6 Å². The number of β-amino-alcohol motifs (C(OH)–C–C–N with tert-alkyl or cyclic N) is 1. The Morgan fingerprint density at radius 2 is 1.96 bits per heavy atom. The molecule has 1 unspecified atom stereocenters. The van der Waals surface area contributed by atoms with E-state index in [4.69, 9.17) is 0 Å². The third kappa shape index (κ3) is 2.72. The van der Waals surface area contributed by atoms with Gasteiger partial charge < -0.3 is 14.6 Å². The summed E-state index contributed by atoms with van der Waals surface area (Å²) in [7, 11) is 0. The molecule has 2 aliphatic rings. The highest BCUT2D eigenvalue weighted by Gasteiger charge is 2.31. The molecule has 1 aliphatic carbocycles. The minimum atomic E-state index is -0.378. The number of aliphatic hydroxyl groups excluding tert-OH is 1. The number of carbonyl (C=O) groups is 1. The van der Waals surface area contributed by atoms with Crippen LogP contribution in [-0.2, 0) is 12.8 Å². The van der Waals surface area contributed by atoms with E-state index in [2.05, 4.69) is 4.57 Å². The summed E-state index contributed by atoms with van der Waals surface area (Å²) in [6, 6.07) is 4.00. The summed E-state index contributed by atoms with van der Waals surface area (Å²) in [4.78, 5) is 16.4. The van der Waals surface area contributed by atoms with Gasteiger partial charge in [-0.15, -0.1) is 11.3 Å². The summed E-state index contributed by atoms with van der Waals surface area (Å²) >= 11 is 1.77. The largest absolute Gasteiger partial charge is 0.391 e. The molecule has 0 aromatic carbocycles. The Labute approximate surface area is 140 Å². The minimum Gasteiger partial charge on any atom is -0.391 e. The van der Waals surface area contributed by atoms with E-state index < -0.39 is 0 Å². The molecule has 2 aromatic rings. The normalized spacial score (nSPS) is 21.3. The van der Waals surface area contributed by atoms with Gasteiger partial charge >= 0.3 is 0 Å². The number of aryl methyl sites for hydroxylation is 1. The lowest BCUT2D eigenvalue weighted by molar-refractivity contribution is 0.0473. The molecule has 1 atom stereocenters. The first-order valence-corrected chi connectivity index (χ1v) is 9.31. The van der Waals surface area contributed by atoms with E-state index in [0.29, 0.717) is 6.54 Å². The Bertz CT molecular complexity index is 705. The van der Waals surface area contributed by atoms with Crippen molar-refractivity contribution in [2.24, 2.45) is 0 Å². The second-order valence-corrected chi connectivity index (χ2v) is 7.61. The number of hydrogen-bond acceptors (Lipinski definition) is 3. The Hall–Kier alpha value is -1.59. The summed E-state index contributed by atoms with van der Waals surface area (Å²) in [6.07, 6.45) is 9.81. The fraction of sp³-hybridized carbons (Fsp3) is 0.500. The van der Waals surface area contributed by atoms with Crippen LogP contribution in [0.25, 0.3) is 5.00 Å². The van der Waals surface area contributed by atoms with Gasteiger partial charge in [-0.3, -0.25) is 4.79 Å². The first kappa shape index (κ1) is 15.0. The molecule has 122 valence electrons. The van der Waals surface area contributed by atoms with Crippen molar-refractivity contribution < 1.29 is 9.90 Å². The van der Waals surface area contributed by atoms with Crippen molar-refractivity contribution in [1.29, 1.82) is 0 Å². The zero-order valence-electron chi connectivity index (χ0n) is 13.2. The van der Waals surface area contributed by atoms with E-state index in [9.17, 15) is 9.90 Å². The molecule has 1 fully saturated rings. The topological polar surface area (TPSA) is 45.5 Å². The van der Waals surface area contributed by atoms with Gasteiger partial charge in [0.2, 0.25) is 0 Å². The van der Waals surface area contributed by atoms with Gasteiger partial charge in [0.05, 0.1) is 11.7 Å². The van der Waals surface area contributed by atoms with E-state index in [1.54, 1.807) is 11.3 Å². The quantitative estimate of drug-likeness (QED) is 0.920. The van der Waals surface area contributed by atoms with Gasteiger partial charge in [-0.05, 0) is 56.2 Å². The smallest absolute Gasteiger partial charge is 0.257 e. The first-order valence-electron chi connectivity index (χ1n) is 8.49. The van der Waals surface area contributed by atoms with Gasteiger partial charge in [-0.2, -0.15) is 0 Å². The first-order chi connectivity index (χ1) is 11.2. The second kappa shape index (κ2) is 6.13. The highest BCUT2D eigenvalue weighted by molar-refractivity contribution is 7.15. The number of piperidine rings is 1. The predicted octanol–water partition coefficient (Wildman–Crippen LogP) is 3.01. The number of nitrogens with zero attached hydrogens (tertiary/aromatic N) is 2. The van der Waals surface area contributed by atoms with Crippen molar-refractivity contribution >= 4 is 17.2 Å². The molecule has 0 radical (unpaired) electrons. The van der Waals surface area contributed by atoms with Gasteiger partial charge in [0.25, 0.3) is 5.91 Å². The molecule has 0 spiro atoms. The maximum atomic E-state index is 13.2. The number of thiophene rings is 1. The van der Waals surface area contributed by atoms with Gasteiger partial charge in [0.15, 0.2) is 0 Å². The molecule has 3 heterocycles. The number of aliphatic hydroxyl groups is 1. The fourth-order valence-corrected chi connectivity index (χ4v) is 5.07. The van der Waals surface area contributed by atoms with Crippen LogP contribution < -0.4 is 0 Å². The van der Waals surface area contributed by atoms with Gasteiger partial charge in [0, 0.05) is 30.4 Å². The summed E-state index contributed by atoms with van der Waals surface area (Å²) < 4.78 is 2.07. The zero-order chi connectivity index (χ0) is 15.8. The Morgan fingerprint density at radius 3 is 2.74 bits per heavy atom. The van der Waals surface area contributed by atoms with Crippen molar-refractivity contribution in [3.8, 4) is 5.00 Å². The van der Waals surface area contributed by atoms with E-state index >= 15 is 0 Å². The number of hydrogen-bond donors (Lipinski definition) is 1. The van der Waals surface area contributed by atoms with Crippen LogP contribution in [0.4, 0.5) is 0 Å². The van der Waals surface area contributed by atoms with Crippen LogP contribution in [0.1, 0.15) is 46.5 Å². The number of carbonyl (C=O) groups excluding carboxylic acids is 1. The van der Waals surface area contributed by atoms with Crippen LogP contribution in [0.2, 0.25) is 0 Å². The third-order valence-corrected chi connectivity index (χ3v) is 6.19. The lowest BCUT2D eigenvalue weighted by atomic mass is 9.94. The van der Waals surface area contributed by atoms with Crippen LogP contribution >= 0.6 is 11.3 Å². The number of aromatic nitrogens is 1. The number of likely N-dealkylation sites (tertiary alicyclic amines) is 1. The molecule has 5 heteroatoms. The molecule has 1 amide bonds. The van der Waals surface area contributed by atoms with Crippen molar-refractivity contribution in [1.82, 2.24) is 9.47 Å². The molecule has 0 bridgehead atoms. The van der Waals surface area contributed by atoms with E-state index in [1.165, 1.54) is 16.9 Å². The summed E-state index contributed by atoms with van der Waals surface area (Å²) in [5.41, 5.74) is 2.14. The standard InChI is InChI=1S/C18H22N2O2S/c21-13-6-5-11-20(12-13)17(22)16-14-7-1-2-8-15(14)23-18(16)19-9-3-4-10-19/h3-4,9-10,13,21H,1-2,5-8,11-12H2.